The lowest BCUT2D eigenvalue weighted by Gasteiger charge is -2.31. The molecule has 1 aliphatic rings. The van der Waals surface area contributed by atoms with Crippen molar-refractivity contribution >= 4 is 118 Å². The highest BCUT2D eigenvalue weighted by Gasteiger charge is 2.32. The van der Waals surface area contributed by atoms with Crippen LogP contribution in [0.2, 0.25) is 20.1 Å². The van der Waals surface area contributed by atoms with Crippen LogP contribution in [-0.4, -0.2) is 212 Å². The fourth-order valence-corrected chi connectivity index (χ4v) is 12.6. The van der Waals surface area contributed by atoms with Gasteiger partial charge in [0.05, 0.1) is 92.0 Å². The van der Waals surface area contributed by atoms with Crippen molar-refractivity contribution in [1.29, 1.82) is 0 Å². The van der Waals surface area contributed by atoms with E-state index < -0.39 is 89.3 Å². The number of benzene rings is 4. The summed E-state index contributed by atoms with van der Waals surface area (Å²) in [7, 11) is 2.46. The van der Waals surface area contributed by atoms with Crippen molar-refractivity contribution in [2.75, 3.05) is 111 Å². The van der Waals surface area contributed by atoms with Gasteiger partial charge in [-0.25, -0.2) is 14.6 Å². The van der Waals surface area contributed by atoms with Crippen LogP contribution in [0.1, 0.15) is 147 Å². The van der Waals surface area contributed by atoms with Crippen LogP contribution in [0.5, 0.6) is 11.5 Å². The molecule has 0 saturated carbocycles. The summed E-state index contributed by atoms with van der Waals surface area (Å²) in [4.78, 5) is 144. The van der Waals surface area contributed by atoms with Crippen molar-refractivity contribution < 1.29 is 95.3 Å². The highest BCUT2D eigenvalue weighted by atomic mass is 35.5. The molecule has 5 atom stereocenters. The van der Waals surface area contributed by atoms with Crippen LogP contribution in [0.4, 0.5) is 15.4 Å². The summed E-state index contributed by atoms with van der Waals surface area (Å²) in [6.07, 6.45) is 7.25. The van der Waals surface area contributed by atoms with E-state index in [1.54, 1.807) is 145 Å². The molecule has 2 heterocycles. The number of unbranched alkanes of at least 4 members (excludes halogenated alkanes) is 2. The first-order valence-electron chi connectivity index (χ1n) is 39.0. The lowest BCUT2D eigenvalue weighted by atomic mass is 10.0. The number of carbonyl (C=O) groups excluding carboxylic acids is 10. The van der Waals surface area contributed by atoms with Crippen molar-refractivity contribution in [3.05, 3.63) is 164 Å². The van der Waals surface area contributed by atoms with Crippen molar-refractivity contribution in [2.24, 2.45) is 4.99 Å². The molecule has 0 saturated heterocycles. The molecule has 0 spiro atoms. The molecule has 6 N–H and O–H groups in total. The van der Waals surface area contributed by atoms with Crippen molar-refractivity contribution in [2.45, 2.75) is 167 Å². The Morgan fingerprint density at radius 1 is 0.483 bits per heavy atom. The fourth-order valence-electron chi connectivity index (χ4n) is 11.5. The van der Waals surface area contributed by atoms with E-state index in [2.05, 4.69) is 41.9 Å². The molecule has 34 heteroatoms. The second-order valence-corrected chi connectivity index (χ2v) is 30.9. The number of nitrogens with one attached hydrogen (secondary N) is 6. The molecule has 0 radical (unpaired) electrons. The monoisotopic (exact) mass is 1720 g/mol. The molecule has 1 aliphatic heterocycles. The number of ether oxygens (including phenoxy) is 10. The Labute approximate surface area is 709 Å². The first kappa shape index (κ1) is 97.2. The number of anilines is 1. The van der Waals surface area contributed by atoms with Crippen LogP contribution in [0.15, 0.2) is 126 Å². The predicted octanol–water partition coefficient (Wildman–Crippen LogP) is 11.5. The Bertz CT molecular complexity index is 4030. The third-order valence-corrected chi connectivity index (χ3v) is 18.1. The third-order valence-electron chi connectivity index (χ3n) is 17.3. The number of dihydropyridines is 1. The summed E-state index contributed by atoms with van der Waals surface area (Å²) in [6, 6.07) is 24.5. The van der Waals surface area contributed by atoms with Crippen LogP contribution in [0.3, 0.4) is 0 Å². The molecule has 4 aromatic carbocycles. The minimum Gasteiger partial charge on any atom is -0.491 e. The van der Waals surface area contributed by atoms with Gasteiger partial charge in [-0.1, -0.05) is 82.8 Å². The van der Waals surface area contributed by atoms with Crippen LogP contribution in [0, 0.1) is 0 Å². The molecule has 118 heavy (non-hydrogen) atoms. The number of amides is 8. The Kier molecular flexibility index (Phi) is 43.1. The summed E-state index contributed by atoms with van der Waals surface area (Å²) in [5.41, 5.74) is 0.787. The summed E-state index contributed by atoms with van der Waals surface area (Å²) >= 11 is 25.3. The van der Waals surface area contributed by atoms with E-state index in [1.807, 2.05) is 12.2 Å². The van der Waals surface area contributed by atoms with Gasteiger partial charge in [0.15, 0.2) is 0 Å². The number of esters is 2. The summed E-state index contributed by atoms with van der Waals surface area (Å²) in [6.45, 7) is 13.9. The Balaban J connectivity index is 0.826. The van der Waals surface area contributed by atoms with E-state index in [9.17, 15) is 47.9 Å². The molecular weight excluding hydrogens is 1610 g/mol. The summed E-state index contributed by atoms with van der Waals surface area (Å²) in [5.74, 6) is -2.38. The molecular formula is C84H110Cl4N10O20. The standard InChI is InChI=1S/C84H110Cl4N10O20/c1-83(2,3)117-81(107)97(71-17-9-13-31-89-71)35-15-11-19-75(101)93-69(79(105)95-67(55-77(103)109-7)59-49-61(85)53-62(86)50-59)47-57-21-25-65(26-22-57)115-45-43-113-41-39-111-37-33-91-73(99)29-30-74(100)92-34-38-112-40-42-114-44-46-116-66-27-23-58(24-28-66)48-70(80(106)96-68(56-78(104)110-8)60-51-63(87)54-64(88)52-60)94-76(102)20-12-16-36-98(72-18-10-14-32-90-72)82(108)118-84(4,5)6/h9-10,13,17-18,21-28,31-32,49-54,67-70,72H,11-12,14-16,19-20,29-30,33-48,55-56H2,1-8H3,(H,91,99)(H,92,100)(H,93,101)(H,94,102)(H,95,105)(H,96,106). The fraction of sp³-hybridized carbons (Fsp3) is 0.500. The number of hydrogen-bond acceptors (Lipinski definition) is 22. The van der Waals surface area contributed by atoms with E-state index in [0.717, 1.165) is 0 Å². The van der Waals surface area contributed by atoms with Crippen molar-refractivity contribution in [1.82, 2.24) is 41.8 Å². The zero-order chi connectivity index (χ0) is 85.8. The molecule has 0 bridgehead atoms. The van der Waals surface area contributed by atoms with Gasteiger partial charge in [0.1, 0.15) is 60.0 Å². The summed E-state index contributed by atoms with van der Waals surface area (Å²) < 4.78 is 55.4. The van der Waals surface area contributed by atoms with Gasteiger partial charge in [-0.05, 0) is 168 Å². The highest BCUT2D eigenvalue weighted by molar-refractivity contribution is 6.35. The maximum Gasteiger partial charge on any atom is 0.416 e. The van der Waals surface area contributed by atoms with E-state index in [1.165, 1.54) is 36.2 Å². The van der Waals surface area contributed by atoms with Gasteiger partial charge in [-0.2, -0.15) is 0 Å². The van der Waals surface area contributed by atoms with E-state index in [-0.39, 0.29) is 176 Å². The number of rotatable bonds is 51. The van der Waals surface area contributed by atoms with Gasteiger partial charge < -0.3 is 79.3 Å². The van der Waals surface area contributed by atoms with Gasteiger partial charge in [0.2, 0.25) is 35.4 Å². The van der Waals surface area contributed by atoms with Crippen LogP contribution < -0.4 is 46.3 Å². The first-order chi connectivity index (χ1) is 56.4. The molecule has 644 valence electrons. The number of allylic oxidation sites excluding steroid dienone is 1. The second-order valence-electron chi connectivity index (χ2n) is 29.2. The quantitative estimate of drug-likeness (QED) is 0.00911. The number of hydrogen-bond donors (Lipinski definition) is 6. The summed E-state index contributed by atoms with van der Waals surface area (Å²) in [5, 5.41) is 18.1. The lowest BCUT2D eigenvalue weighted by molar-refractivity contribution is -0.142. The lowest BCUT2D eigenvalue weighted by Crippen LogP contribution is -2.49. The number of methoxy groups -OCH3 is 2. The molecule has 0 fully saturated rings. The Morgan fingerprint density at radius 2 is 0.907 bits per heavy atom. The number of carbonyl (C=O) groups is 10. The molecule has 8 amide bonds. The molecule has 6 rings (SSSR count). The molecule has 0 aliphatic carbocycles. The molecule has 30 nitrogen and oxygen atoms in total. The zero-order valence-electron chi connectivity index (χ0n) is 68.1. The van der Waals surface area contributed by atoms with Crippen molar-refractivity contribution in [3.63, 3.8) is 0 Å². The molecule has 5 aromatic rings. The molecule has 5 unspecified atom stereocenters. The maximum atomic E-state index is 14.2. The number of aliphatic imine (C=N–C) groups is 1. The second kappa shape index (κ2) is 52.3. The number of halogens is 4. The predicted molar refractivity (Wildman–Crippen MR) is 446 cm³/mol. The third kappa shape index (κ3) is 39.3. The normalized spacial score (nSPS) is 13.4. The number of pyridine rings is 1. The van der Waals surface area contributed by atoms with Crippen LogP contribution in [0.25, 0.3) is 0 Å². The average Bonchev–Trinajstić information content (AvgIpc) is 0.873. The smallest absolute Gasteiger partial charge is 0.416 e. The SMILES string of the molecule is COC(=O)CC(NC(=O)C(Cc1ccc(OCCOCCOCCNC(=O)CCC(=O)NCCOCCOCCOc2ccc(CC(NC(=O)CCCCN(C(=O)OC(C)(C)C)C3C=CCC=N3)C(=O)NC(CC(=O)OC)c3cc(Cl)cc(Cl)c3)cc2)cc1)NC(=O)CCCCN(C(=O)OC(C)(C)C)c1ccccn1)c1cc(Cl)cc(Cl)c1. The van der Waals surface area contributed by atoms with E-state index in [0.29, 0.717) is 71.7 Å². The maximum absolute atomic E-state index is 14.2. The number of nitrogens with zero attached hydrogens (tertiary/aromatic N) is 4. The zero-order valence-corrected chi connectivity index (χ0v) is 71.1. The van der Waals surface area contributed by atoms with Gasteiger partial charge in [-0.15, -0.1) is 0 Å². The van der Waals surface area contributed by atoms with E-state index in [4.69, 9.17) is 93.8 Å². The molecule has 1 aromatic heterocycles. The minimum atomic E-state index is -1.11. The van der Waals surface area contributed by atoms with Gasteiger partial charge >= 0.3 is 24.1 Å². The van der Waals surface area contributed by atoms with Gasteiger partial charge in [-0.3, -0.25) is 53.1 Å². The van der Waals surface area contributed by atoms with Crippen LogP contribution in [-0.2, 0) is 89.1 Å². The first-order valence-corrected chi connectivity index (χ1v) is 40.6. The average molecular weight is 1720 g/mol. The highest BCUT2D eigenvalue weighted by Crippen LogP contribution is 2.29. The Hall–Kier alpha value is -9.66. The minimum absolute atomic E-state index is 0.0177. The van der Waals surface area contributed by atoms with E-state index >= 15 is 0 Å². The number of aromatic nitrogens is 1. The van der Waals surface area contributed by atoms with Gasteiger partial charge in [0, 0.05) is 104 Å². The van der Waals surface area contributed by atoms with Crippen molar-refractivity contribution in [3.8, 4) is 11.5 Å². The van der Waals surface area contributed by atoms with Gasteiger partial charge in [0.25, 0.3) is 0 Å². The van der Waals surface area contributed by atoms with Crippen LogP contribution >= 0.6 is 46.4 Å². The Morgan fingerprint density at radius 3 is 1.31 bits per heavy atom. The largest absolute Gasteiger partial charge is 0.491 e. The topological polar surface area (TPSA) is 367 Å².